The van der Waals surface area contributed by atoms with E-state index in [9.17, 15) is 14.9 Å². The summed E-state index contributed by atoms with van der Waals surface area (Å²) in [5, 5.41) is 14.3. The fourth-order valence-electron chi connectivity index (χ4n) is 2.81. The highest BCUT2D eigenvalue weighted by atomic mass is 35.5. The van der Waals surface area contributed by atoms with Gasteiger partial charge >= 0.3 is 0 Å². The van der Waals surface area contributed by atoms with Crippen LogP contribution in [-0.2, 0) is 0 Å². The fraction of sp³-hybridized carbons (Fsp3) is 0.562. The summed E-state index contributed by atoms with van der Waals surface area (Å²) in [5.41, 5.74) is 0.987. The molecule has 0 atom stereocenters. The Morgan fingerprint density at radius 2 is 2.04 bits per heavy atom. The summed E-state index contributed by atoms with van der Waals surface area (Å²) >= 11 is 0. The Bertz CT molecular complexity index is 558. The summed E-state index contributed by atoms with van der Waals surface area (Å²) in [4.78, 5) is 24.9. The number of nitrogens with zero attached hydrogens (tertiary/aromatic N) is 2. The highest BCUT2D eigenvalue weighted by Gasteiger charge is 2.24. The number of benzene rings is 1. The Morgan fingerprint density at radius 3 is 2.61 bits per heavy atom. The molecular formula is C16H24ClN3O3. The van der Waals surface area contributed by atoms with Gasteiger partial charge in [0.05, 0.1) is 4.92 Å². The van der Waals surface area contributed by atoms with Gasteiger partial charge in [-0.3, -0.25) is 14.9 Å². The van der Waals surface area contributed by atoms with Crippen molar-refractivity contribution in [2.75, 3.05) is 26.2 Å². The van der Waals surface area contributed by atoms with E-state index >= 15 is 0 Å². The second kappa shape index (κ2) is 8.84. The summed E-state index contributed by atoms with van der Waals surface area (Å²) in [7, 11) is 0. The number of piperidine rings is 1. The number of nitro benzene ring substituents is 1. The van der Waals surface area contributed by atoms with Gasteiger partial charge in [0, 0.05) is 30.3 Å². The van der Waals surface area contributed by atoms with Crippen LogP contribution in [0, 0.1) is 23.0 Å². The molecule has 1 fully saturated rings. The van der Waals surface area contributed by atoms with Crippen molar-refractivity contribution in [1.82, 2.24) is 10.2 Å². The number of hydrogen-bond acceptors (Lipinski definition) is 4. The number of halogens is 1. The lowest BCUT2D eigenvalue weighted by Crippen LogP contribution is -2.40. The third-order valence-electron chi connectivity index (χ3n) is 4.24. The minimum Gasteiger partial charge on any atom is -0.339 e. The molecule has 0 unspecified atom stereocenters. The largest absolute Gasteiger partial charge is 0.339 e. The van der Waals surface area contributed by atoms with Crippen molar-refractivity contribution >= 4 is 24.0 Å². The molecular weight excluding hydrogens is 318 g/mol. The quantitative estimate of drug-likeness (QED) is 0.660. The third-order valence-corrected chi connectivity index (χ3v) is 4.24. The molecule has 0 aromatic heterocycles. The van der Waals surface area contributed by atoms with E-state index in [-0.39, 0.29) is 24.0 Å². The second-order valence-corrected chi connectivity index (χ2v) is 5.80. The molecule has 1 aromatic rings. The lowest BCUT2D eigenvalue weighted by Gasteiger charge is -2.32. The topological polar surface area (TPSA) is 75.5 Å². The molecule has 1 N–H and O–H groups in total. The van der Waals surface area contributed by atoms with Crippen LogP contribution in [0.5, 0.6) is 0 Å². The number of likely N-dealkylation sites (tertiary alicyclic amines) is 1. The molecule has 1 aromatic carbocycles. The van der Waals surface area contributed by atoms with Crippen LogP contribution in [0.25, 0.3) is 0 Å². The van der Waals surface area contributed by atoms with Gasteiger partial charge < -0.3 is 10.2 Å². The average molecular weight is 342 g/mol. The van der Waals surface area contributed by atoms with Crippen LogP contribution in [-0.4, -0.2) is 41.9 Å². The van der Waals surface area contributed by atoms with E-state index in [1.807, 2.05) is 0 Å². The standard InChI is InChI=1S/C16H23N3O3.ClH/c1-3-17-11-13-6-8-18(9-7-13)16(20)14-5-4-12(2)15(10-14)19(21)22;/h4-5,10,13,17H,3,6-9,11H2,1-2H3;1H. The van der Waals surface area contributed by atoms with Gasteiger partial charge in [0.2, 0.25) is 0 Å². The summed E-state index contributed by atoms with van der Waals surface area (Å²) in [6.45, 7) is 7.16. The van der Waals surface area contributed by atoms with Crippen molar-refractivity contribution in [3.05, 3.63) is 39.4 Å². The zero-order valence-electron chi connectivity index (χ0n) is 13.6. The minimum absolute atomic E-state index is 0. The molecule has 0 saturated carbocycles. The number of carbonyl (C=O) groups excluding carboxylic acids is 1. The molecule has 1 heterocycles. The molecule has 0 aliphatic carbocycles. The zero-order valence-corrected chi connectivity index (χ0v) is 14.4. The van der Waals surface area contributed by atoms with E-state index in [2.05, 4.69) is 12.2 Å². The number of hydrogen-bond donors (Lipinski definition) is 1. The SMILES string of the molecule is CCNCC1CCN(C(=O)c2ccc(C)c([N+](=O)[O-])c2)CC1.Cl. The molecule has 0 radical (unpaired) electrons. The Kier molecular flexibility index (Phi) is 7.45. The number of nitrogens with one attached hydrogen (secondary N) is 1. The maximum Gasteiger partial charge on any atom is 0.273 e. The first-order chi connectivity index (χ1) is 10.5. The van der Waals surface area contributed by atoms with Crippen LogP contribution in [0.2, 0.25) is 0 Å². The van der Waals surface area contributed by atoms with E-state index in [0.29, 0.717) is 17.0 Å². The van der Waals surface area contributed by atoms with Gasteiger partial charge in [0.25, 0.3) is 11.6 Å². The molecule has 23 heavy (non-hydrogen) atoms. The minimum atomic E-state index is -0.436. The van der Waals surface area contributed by atoms with Crippen LogP contribution >= 0.6 is 12.4 Å². The molecule has 1 aliphatic heterocycles. The molecule has 6 nitrogen and oxygen atoms in total. The first kappa shape index (κ1) is 19.4. The van der Waals surface area contributed by atoms with Crippen LogP contribution in [0.4, 0.5) is 5.69 Å². The predicted molar refractivity (Wildman–Crippen MR) is 92.3 cm³/mol. The van der Waals surface area contributed by atoms with Gasteiger partial charge in [-0.05, 0) is 44.8 Å². The Hall–Kier alpha value is -1.66. The van der Waals surface area contributed by atoms with Crippen molar-refractivity contribution in [2.24, 2.45) is 5.92 Å². The number of amides is 1. The van der Waals surface area contributed by atoms with Gasteiger partial charge in [-0.25, -0.2) is 0 Å². The summed E-state index contributed by atoms with van der Waals surface area (Å²) in [5.74, 6) is 0.501. The zero-order chi connectivity index (χ0) is 16.1. The molecule has 1 amide bonds. The van der Waals surface area contributed by atoms with Gasteiger partial charge in [-0.1, -0.05) is 13.0 Å². The third kappa shape index (κ3) is 4.91. The van der Waals surface area contributed by atoms with Gasteiger partial charge in [-0.15, -0.1) is 12.4 Å². The Labute approximate surface area is 142 Å². The lowest BCUT2D eigenvalue weighted by molar-refractivity contribution is -0.385. The summed E-state index contributed by atoms with van der Waals surface area (Å²) in [6.07, 6.45) is 1.96. The van der Waals surface area contributed by atoms with Crippen LogP contribution in [0.1, 0.15) is 35.7 Å². The fourth-order valence-corrected chi connectivity index (χ4v) is 2.81. The maximum absolute atomic E-state index is 12.5. The molecule has 1 saturated heterocycles. The Balaban J connectivity index is 0.00000264. The van der Waals surface area contributed by atoms with Gasteiger partial charge in [0.1, 0.15) is 0 Å². The normalized spacial score (nSPS) is 15.1. The average Bonchev–Trinajstić information content (AvgIpc) is 2.53. The van der Waals surface area contributed by atoms with Crippen molar-refractivity contribution in [1.29, 1.82) is 0 Å². The van der Waals surface area contributed by atoms with Crippen molar-refractivity contribution in [3.8, 4) is 0 Å². The highest BCUT2D eigenvalue weighted by molar-refractivity contribution is 5.95. The number of aryl methyl sites for hydroxylation is 1. The number of nitro groups is 1. The van der Waals surface area contributed by atoms with E-state index in [1.54, 1.807) is 24.0 Å². The van der Waals surface area contributed by atoms with E-state index in [4.69, 9.17) is 0 Å². The monoisotopic (exact) mass is 341 g/mol. The summed E-state index contributed by atoms with van der Waals surface area (Å²) in [6, 6.07) is 4.71. The Morgan fingerprint density at radius 1 is 1.39 bits per heavy atom. The lowest BCUT2D eigenvalue weighted by atomic mass is 9.96. The van der Waals surface area contributed by atoms with Crippen LogP contribution < -0.4 is 5.32 Å². The van der Waals surface area contributed by atoms with E-state index in [0.717, 1.165) is 39.0 Å². The molecule has 0 spiro atoms. The van der Waals surface area contributed by atoms with E-state index < -0.39 is 4.92 Å². The molecule has 2 rings (SSSR count). The van der Waals surface area contributed by atoms with Gasteiger partial charge in [-0.2, -0.15) is 0 Å². The maximum atomic E-state index is 12.5. The second-order valence-electron chi connectivity index (χ2n) is 5.80. The molecule has 0 bridgehead atoms. The molecule has 1 aliphatic rings. The van der Waals surface area contributed by atoms with Crippen LogP contribution in [0.15, 0.2) is 18.2 Å². The molecule has 128 valence electrons. The summed E-state index contributed by atoms with van der Waals surface area (Å²) < 4.78 is 0. The highest BCUT2D eigenvalue weighted by Crippen LogP contribution is 2.22. The van der Waals surface area contributed by atoms with Crippen LogP contribution in [0.3, 0.4) is 0 Å². The van der Waals surface area contributed by atoms with E-state index in [1.165, 1.54) is 6.07 Å². The number of carbonyl (C=O) groups is 1. The first-order valence-corrected chi connectivity index (χ1v) is 7.78. The smallest absolute Gasteiger partial charge is 0.273 e. The van der Waals surface area contributed by atoms with Crippen molar-refractivity contribution < 1.29 is 9.72 Å². The predicted octanol–water partition coefficient (Wildman–Crippen LogP) is 2.79. The van der Waals surface area contributed by atoms with Crippen molar-refractivity contribution in [3.63, 3.8) is 0 Å². The van der Waals surface area contributed by atoms with Crippen molar-refractivity contribution in [2.45, 2.75) is 26.7 Å². The first-order valence-electron chi connectivity index (χ1n) is 7.78. The van der Waals surface area contributed by atoms with Gasteiger partial charge in [0.15, 0.2) is 0 Å². The number of rotatable bonds is 5. The molecule has 7 heteroatoms.